The number of hydrogen-bond donors (Lipinski definition) is 0. The highest BCUT2D eigenvalue weighted by molar-refractivity contribution is 7.89. The fourth-order valence-electron chi connectivity index (χ4n) is 6.29. The smallest absolute Gasteiger partial charge is 0.215 e. The highest BCUT2D eigenvalue weighted by atomic mass is 32.2. The number of aromatic nitrogens is 1. The lowest BCUT2D eigenvalue weighted by Gasteiger charge is -2.37. The van der Waals surface area contributed by atoms with Crippen LogP contribution in [-0.4, -0.2) is 43.0 Å². The molecule has 2 aliphatic rings. The van der Waals surface area contributed by atoms with E-state index in [4.69, 9.17) is 9.47 Å². The molecule has 2 aromatic heterocycles. The van der Waals surface area contributed by atoms with Crippen molar-refractivity contribution in [2.45, 2.75) is 52.6 Å². The first-order chi connectivity index (χ1) is 18.6. The minimum atomic E-state index is -3.82. The molecule has 0 N–H and O–H groups in total. The van der Waals surface area contributed by atoms with E-state index >= 15 is 0 Å². The number of Topliss-reactive ketones (excluding diaryl/α,β-unsaturated/α-hetero) is 1. The molecule has 0 amide bonds. The first kappa shape index (κ1) is 27.8. The van der Waals surface area contributed by atoms with E-state index in [2.05, 4.69) is 24.9 Å². The Morgan fingerprint density at radius 3 is 2.59 bits per heavy atom. The van der Waals surface area contributed by atoms with Crippen LogP contribution in [-0.2, 0) is 34.3 Å². The number of carbonyl (C=O) groups is 1. The van der Waals surface area contributed by atoms with Crippen molar-refractivity contribution >= 4 is 27.1 Å². The zero-order valence-corrected chi connectivity index (χ0v) is 24.4. The van der Waals surface area contributed by atoms with E-state index < -0.39 is 15.4 Å². The van der Waals surface area contributed by atoms with Crippen LogP contribution in [0.1, 0.15) is 49.2 Å². The van der Waals surface area contributed by atoms with E-state index in [0.717, 1.165) is 18.4 Å². The second-order valence-electron chi connectivity index (χ2n) is 11.2. The quantitative estimate of drug-likeness (QED) is 0.287. The van der Waals surface area contributed by atoms with E-state index in [1.807, 2.05) is 47.8 Å². The Kier molecular flexibility index (Phi) is 7.86. The Balaban J connectivity index is 1.38. The SMILES string of the molecule is COc1cc(CN(Cc2ccccn2)S(=O)(=O)C[C@]23CC[C@H](CC2=O)C3(C)C)ccc1OCCc1cccs1. The number of benzene rings is 1. The zero-order valence-electron chi connectivity index (χ0n) is 22.8. The molecule has 7 nitrogen and oxygen atoms in total. The lowest BCUT2D eigenvalue weighted by molar-refractivity contribution is -0.128. The van der Waals surface area contributed by atoms with Crippen molar-refractivity contribution in [2.75, 3.05) is 19.5 Å². The molecule has 3 aromatic rings. The molecule has 1 aromatic carbocycles. The number of fused-ring (bicyclic) bond motifs is 2. The summed E-state index contributed by atoms with van der Waals surface area (Å²) in [4.78, 5) is 18.8. The van der Waals surface area contributed by atoms with Gasteiger partial charge < -0.3 is 9.47 Å². The van der Waals surface area contributed by atoms with Gasteiger partial charge in [-0.2, -0.15) is 4.31 Å². The van der Waals surface area contributed by atoms with Gasteiger partial charge in [0.15, 0.2) is 11.5 Å². The Hall–Kier alpha value is -2.75. The molecule has 2 fully saturated rings. The number of methoxy groups -OCH3 is 1. The van der Waals surface area contributed by atoms with Crippen LogP contribution in [0.3, 0.4) is 0 Å². The largest absolute Gasteiger partial charge is 0.493 e. The van der Waals surface area contributed by atoms with Crippen LogP contribution in [0.5, 0.6) is 11.5 Å². The van der Waals surface area contributed by atoms with Gasteiger partial charge in [-0.3, -0.25) is 9.78 Å². The van der Waals surface area contributed by atoms with Crippen LogP contribution in [0.15, 0.2) is 60.1 Å². The normalized spacial score (nSPS) is 21.9. The van der Waals surface area contributed by atoms with Crippen molar-refractivity contribution in [3.8, 4) is 11.5 Å². The van der Waals surface area contributed by atoms with Gasteiger partial charge in [0.25, 0.3) is 0 Å². The highest BCUT2D eigenvalue weighted by Crippen LogP contribution is 2.64. The summed E-state index contributed by atoms with van der Waals surface area (Å²) in [6.45, 7) is 4.91. The lowest BCUT2D eigenvalue weighted by Crippen LogP contribution is -2.46. The number of carbonyl (C=O) groups excluding carboxylic acids is 1. The van der Waals surface area contributed by atoms with Gasteiger partial charge in [0.1, 0.15) is 5.78 Å². The van der Waals surface area contributed by atoms with Crippen molar-refractivity contribution in [2.24, 2.45) is 16.7 Å². The average Bonchev–Trinajstić information content (AvgIpc) is 3.56. The number of hydrogen-bond acceptors (Lipinski definition) is 7. The summed E-state index contributed by atoms with van der Waals surface area (Å²) in [6, 6.07) is 15.1. The number of nitrogens with zero attached hydrogens (tertiary/aromatic N) is 2. The monoisotopic (exact) mass is 568 g/mol. The van der Waals surface area contributed by atoms with Crippen LogP contribution < -0.4 is 9.47 Å². The second kappa shape index (κ2) is 11.0. The Labute approximate surface area is 235 Å². The predicted octanol–water partition coefficient (Wildman–Crippen LogP) is 5.50. The van der Waals surface area contributed by atoms with Gasteiger partial charge in [0.05, 0.1) is 31.7 Å². The van der Waals surface area contributed by atoms with E-state index in [9.17, 15) is 13.2 Å². The molecule has 2 heterocycles. The minimum absolute atomic E-state index is 0.0934. The molecule has 2 atom stereocenters. The molecule has 208 valence electrons. The number of rotatable bonds is 12. The van der Waals surface area contributed by atoms with Crippen molar-refractivity contribution < 1.29 is 22.7 Å². The first-order valence-corrected chi connectivity index (χ1v) is 15.9. The van der Waals surface area contributed by atoms with E-state index in [1.54, 1.807) is 24.6 Å². The highest BCUT2D eigenvalue weighted by Gasteiger charge is 2.65. The molecule has 2 aliphatic carbocycles. The van der Waals surface area contributed by atoms with Gasteiger partial charge in [-0.1, -0.05) is 32.0 Å². The average molecular weight is 569 g/mol. The van der Waals surface area contributed by atoms with Crippen LogP contribution in [0.4, 0.5) is 0 Å². The van der Waals surface area contributed by atoms with Gasteiger partial charge in [-0.15, -0.1) is 11.3 Å². The first-order valence-electron chi connectivity index (χ1n) is 13.4. The molecule has 2 saturated carbocycles. The summed E-state index contributed by atoms with van der Waals surface area (Å²) in [7, 11) is -2.24. The van der Waals surface area contributed by atoms with Crippen LogP contribution >= 0.6 is 11.3 Å². The summed E-state index contributed by atoms with van der Waals surface area (Å²) in [5.74, 6) is 1.34. The standard InChI is InChI=1S/C30H36N2O5S2/c1-29(2)23-11-13-30(29,28(33)18-23)21-39(34,35)32(20-24-7-4-5-14-31-24)19-22-9-10-26(27(17-22)36-3)37-15-12-25-8-6-16-38-25/h4-10,14,16-17,23H,11-13,15,18-21H2,1-3H3/t23-,30-/m1/s1. The van der Waals surface area contributed by atoms with Crippen molar-refractivity contribution in [1.82, 2.24) is 9.29 Å². The Morgan fingerprint density at radius 2 is 1.95 bits per heavy atom. The lowest BCUT2D eigenvalue weighted by atomic mass is 9.70. The van der Waals surface area contributed by atoms with Gasteiger partial charge in [-0.05, 0) is 65.4 Å². The molecule has 9 heteroatoms. The molecular formula is C30H36N2O5S2. The summed E-state index contributed by atoms with van der Waals surface area (Å²) in [5.41, 5.74) is 0.256. The maximum atomic E-state index is 14.1. The summed E-state index contributed by atoms with van der Waals surface area (Å²) >= 11 is 1.70. The van der Waals surface area contributed by atoms with Crippen molar-refractivity contribution in [1.29, 1.82) is 0 Å². The summed E-state index contributed by atoms with van der Waals surface area (Å²) in [5, 5.41) is 2.05. The Morgan fingerprint density at radius 1 is 1.10 bits per heavy atom. The Bertz CT molecular complexity index is 1410. The number of sulfonamides is 1. The third-order valence-corrected chi connectivity index (χ3v) is 11.6. The second-order valence-corrected chi connectivity index (χ2v) is 14.2. The molecule has 2 bridgehead atoms. The molecule has 0 radical (unpaired) electrons. The topological polar surface area (TPSA) is 85.8 Å². The van der Waals surface area contributed by atoms with Crippen molar-refractivity contribution in [3.63, 3.8) is 0 Å². The van der Waals surface area contributed by atoms with Crippen molar-refractivity contribution in [3.05, 3.63) is 76.2 Å². The molecule has 39 heavy (non-hydrogen) atoms. The fourth-order valence-corrected chi connectivity index (χ4v) is 9.13. The molecule has 0 aliphatic heterocycles. The van der Waals surface area contributed by atoms with Crippen LogP contribution in [0.25, 0.3) is 0 Å². The third-order valence-electron chi connectivity index (χ3n) is 8.80. The van der Waals surface area contributed by atoms with Gasteiger partial charge in [0.2, 0.25) is 10.0 Å². The minimum Gasteiger partial charge on any atom is -0.493 e. The van der Waals surface area contributed by atoms with Gasteiger partial charge in [-0.25, -0.2) is 8.42 Å². The maximum Gasteiger partial charge on any atom is 0.215 e. The molecular weight excluding hydrogens is 532 g/mol. The maximum absolute atomic E-state index is 14.1. The van der Waals surface area contributed by atoms with Crippen LogP contribution in [0.2, 0.25) is 0 Å². The fraction of sp³-hybridized carbons (Fsp3) is 0.467. The number of ether oxygens (including phenoxy) is 2. The van der Waals surface area contributed by atoms with E-state index in [-0.39, 0.29) is 36.0 Å². The predicted molar refractivity (Wildman–Crippen MR) is 152 cm³/mol. The number of pyridine rings is 1. The number of thiophene rings is 1. The van der Waals surface area contributed by atoms with Crippen LogP contribution in [0, 0.1) is 16.7 Å². The van der Waals surface area contributed by atoms with E-state index in [1.165, 1.54) is 9.18 Å². The third kappa shape index (κ3) is 5.49. The summed E-state index contributed by atoms with van der Waals surface area (Å²) < 4.78 is 41.2. The van der Waals surface area contributed by atoms with E-state index in [0.29, 0.717) is 36.6 Å². The molecule has 0 spiro atoms. The molecule has 5 rings (SSSR count). The number of ketones is 1. The van der Waals surface area contributed by atoms with Gasteiger partial charge in [0, 0.05) is 35.9 Å². The zero-order chi connectivity index (χ0) is 27.7. The molecule has 0 unspecified atom stereocenters. The van der Waals surface area contributed by atoms with Gasteiger partial charge >= 0.3 is 0 Å². The molecule has 0 saturated heterocycles. The summed E-state index contributed by atoms with van der Waals surface area (Å²) in [6.07, 6.45) is 4.48.